The fourth-order valence-corrected chi connectivity index (χ4v) is 5.84. The smallest absolute Gasteiger partial charge is 0.254 e. The summed E-state index contributed by atoms with van der Waals surface area (Å²) in [5.41, 5.74) is 2.09. The van der Waals surface area contributed by atoms with E-state index in [0.29, 0.717) is 42.9 Å². The first-order valence-electron chi connectivity index (χ1n) is 13.8. The van der Waals surface area contributed by atoms with E-state index in [0.717, 1.165) is 45.2 Å². The van der Waals surface area contributed by atoms with Crippen LogP contribution in [-0.4, -0.2) is 70.7 Å². The van der Waals surface area contributed by atoms with Crippen molar-refractivity contribution in [3.8, 4) is 0 Å². The molecular weight excluding hydrogens is 462 g/mol. The molecule has 2 heterocycles. The Kier molecular flexibility index (Phi) is 9.92. The number of carbonyl (C=O) groups is 2. The second kappa shape index (κ2) is 13.5. The van der Waals surface area contributed by atoms with Gasteiger partial charge in [-0.3, -0.25) is 9.59 Å². The number of benzene rings is 2. The molecule has 5 rings (SSSR count). The SMILES string of the molecule is C=CCN(C(=O)c1ccccc1)C1CCN(O)CC1.O=C(C1CCCC1)N1CCC(c2ccccc2)C1. The van der Waals surface area contributed by atoms with Crippen LogP contribution in [0.15, 0.2) is 73.3 Å². The summed E-state index contributed by atoms with van der Waals surface area (Å²) in [5, 5.41) is 10.7. The lowest BCUT2D eigenvalue weighted by Crippen LogP contribution is -2.46. The van der Waals surface area contributed by atoms with Crippen LogP contribution in [0.4, 0.5) is 0 Å². The second-order valence-corrected chi connectivity index (χ2v) is 10.5. The molecule has 1 unspecified atom stereocenters. The molecule has 0 radical (unpaired) electrons. The maximum absolute atomic E-state index is 12.5. The average molecular weight is 504 g/mol. The minimum atomic E-state index is 0.0388. The van der Waals surface area contributed by atoms with Crippen LogP contribution in [0.2, 0.25) is 0 Å². The lowest BCUT2D eigenvalue weighted by molar-refractivity contribution is -0.134. The van der Waals surface area contributed by atoms with E-state index in [9.17, 15) is 14.8 Å². The summed E-state index contributed by atoms with van der Waals surface area (Å²) < 4.78 is 0. The molecule has 2 aromatic rings. The van der Waals surface area contributed by atoms with Gasteiger partial charge in [0.15, 0.2) is 0 Å². The van der Waals surface area contributed by atoms with Gasteiger partial charge in [-0.05, 0) is 49.8 Å². The Bertz CT molecular complexity index is 999. The van der Waals surface area contributed by atoms with Crippen molar-refractivity contribution in [1.82, 2.24) is 14.9 Å². The predicted molar refractivity (Wildman–Crippen MR) is 146 cm³/mol. The molecule has 1 saturated carbocycles. The van der Waals surface area contributed by atoms with Gasteiger partial charge in [0.25, 0.3) is 5.91 Å². The zero-order chi connectivity index (χ0) is 26.0. The van der Waals surface area contributed by atoms with E-state index in [4.69, 9.17) is 0 Å². The van der Waals surface area contributed by atoms with Crippen LogP contribution in [0.1, 0.15) is 66.8 Å². The van der Waals surface area contributed by atoms with Crippen LogP contribution in [0.25, 0.3) is 0 Å². The highest BCUT2D eigenvalue weighted by Crippen LogP contribution is 2.32. The Morgan fingerprint density at radius 3 is 2.14 bits per heavy atom. The van der Waals surface area contributed by atoms with Gasteiger partial charge in [0.1, 0.15) is 0 Å². The molecule has 1 N–H and O–H groups in total. The van der Waals surface area contributed by atoms with Crippen molar-refractivity contribution in [1.29, 1.82) is 0 Å². The van der Waals surface area contributed by atoms with Crippen molar-refractivity contribution >= 4 is 11.8 Å². The fraction of sp³-hybridized carbons (Fsp3) is 0.484. The summed E-state index contributed by atoms with van der Waals surface area (Å²) in [5.74, 6) is 1.35. The number of hydrogen-bond donors (Lipinski definition) is 1. The fourth-order valence-electron chi connectivity index (χ4n) is 5.84. The van der Waals surface area contributed by atoms with E-state index in [1.54, 1.807) is 6.08 Å². The standard InChI is InChI=1S/C16H21NO.C15H20N2O2/c18-16(14-8-4-5-9-14)17-11-10-15(12-17)13-6-2-1-3-7-13;1-2-10-17(14-8-11-16(19)12-9-14)15(18)13-6-4-3-5-7-13/h1-3,6-7,14-15H,4-5,8-12H2;2-7,14,19H,1,8-12H2. The highest BCUT2D eigenvalue weighted by Gasteiger charge is 2.32. The third-order valence-electron chi connectivity index (χ3n) is 7.96. The quantitative estimate of drug-likeness (QED) is 0.539. The summed E-state index contributed by atoms with van der Waals surface area (Å²) in [7, 11) is 0. The van der Waals surface area contributed by atoms with Crippen LogP contribution < -0.4 is 0 Å². The average Bonchev–Trinajstić information content (AvgIpc) is 3.66. The number of nitrogens with zero attached hydrogens (tertiary/aromatic N) is 3. The molecule has 1 aliphatic carbocycles. The normalized spacial score (nSPS) is 20.8. The summed E-state index contributed by atoms with van der Waals surface area (Å²) in [6.45, 7) is 7.38. The summed E-state index contributed by atoms with van der Waals surface area (Å²) in [6.07, 6.45) is 9.19. The Balaban J connectivity index is 0.000000173. The van der Waals surface area contributed by atoms with Crippen LogP contribution in [0.5, 0.6) is 0 Å². The lowest BCUT2D eigenvalue weighted by Gasteiger charge is -2.36. The van der Waals surface area contributed by atoms with Crippen molar-refractivity contribution in [3.63, 3.8) is 0 Å². The maximum Gasteiger partial charge on any atom is 0.254 e. The van der Waals surface area contributed by atoms with Gasteiger partial charge in [0, 0.05) is 56.2 Å². The first kappa shape index (κ1) is 27.1. The maximum atomic E-state index is 12.5. The summed E-state index contributed by atoms with van der Waals surface area (Å²) >= 11 is 0. The monoisotopic (exact) mass is 503 g/mol. The number of rotatable bonds is 6. The number of amides is 2. The van der Waals surface area contributed by atoms with Gasteiger partial charge in [-0.25, -0.2) is 0 Å². The predicted octanol–water partition coefficient (Wildman–Crippen LogP) is 5.36. The zero-order valence-electron chi connectivity index (χ0n) is 21.9. The van der Waals surface area contributed by atoms with Crippen LogP contribution in [0, 0.1) is 5.92 Å². The molecule has 3 aliphatic rings. The molecule has 37 heavy (non-hydrogen) atoms. The molecule has 3 fully saturated rings. The van der Waals surface area contributed by atoms with E-state index < -0.39 is 0 Å². The van der Waals surface area contributed by atoms with Gasteiger partial charge < -0.3 is 15.0 Å². The number of hydrogen-bond acceptors (Lipinski definition) is 4. The van der Waals surface area contributed by atoms with E-state index in [1.165, 1.54) is 23.5 Å². The van der Waals surface area contributed by atoms with Crippen molar-refractivity contribution < 1.29 is 14.8 Å². The van der Waals surface area contributed by atoms with E-state index >= 15 is 0 Å². The van der Waals surface area contributed by atoms with Gasteiger partial charge in [0.05, 0.1) is 0 Å². The van der Waals surface area contributed by atoms with E-state index in [1.807, 2.05) is 35.2 Å². The molecule has 198 valence electrons. The molecule has 2 saturated heterocycles. The molecule has 0 aromatic heterocycles. The molecule has 1 atom stereocenters. The second-order valence-electron chi connectivity index (χ2n) is 10.5. The van der Waals surface area contributed by atoms with Crippen molar-refractivity contribution in [2.24, 2.45) is 5.92 Å². The van der Waals surface area contributed by atoms with Crippen molar-refractivity contribution in [3.05, 3.63) is 84.4 Å². The minimum absolute atomic E-state index is 0.0388. The summed E-state index contributed by atoms with van der Waals surface area (Å²) in [4.78, 5) is 28.8. The summed E-state index contributed by atoms with van der Waals surface area (Å²) in [6, 6.07) is 20.1. The number of likely N-dealkylation sites (tertiary alicyclic amines) is 1. The van der Waals surface area contributed by atoms with E-state index in [-0.39, 0.29) is 11.9 Å². The van der Waals surface area contributed by atoms with Crippen molar-refractivity contribution in [2.45, 2.75) is 56.9 Å². The molecule has 2 aromatic carbocycles. The molecule has 2 aliphatic heterocycles. The van der Waals surface area contributed by atoms with Crippen LogP contribution >= 0.6 is 0 Å². The zero-order valence-corrected chi connectivity index (χ0v) is 21.9. The Hall–Kier alpha value is -2.96. The molecule has 6 nitrogen and oxygen atoms in total. The molecule has 0 spiro atoms. The van der Waals surface area contributed by atoms with Gasteiger partial charge in [0.2, 0.25) is 5.91 Å². The van der Waals surface area contributed by atoms with Crippen molar-refractivity contribution in [2.75, 3.05) is 32.7 Å². The molecule has 2 amide bonds. The van der Waals surface area contributed by atoms with E-state index in [2.05, 4.69) is 41.8 Å². The number of piperidine rings is 1. The van der Waals surface area contributed by atoms with Gasteiger partial charge in [-0.2, -0.15) is 5.06 Å². The Morgan fingerprint density at radius 2 is 1.51 bits per heavy atom. The van der Waals surface area contributed by atoms with Gasteiger partial charge >= 0.3 is 0 Å². The third-order valence-corrected chi connectivity index (χ3v) is 7.96. The topological polar surface area (TPSA) is 64.1 Å². The van der Waals surface area contributed by atoms with Gasteiger partial charge in [-0.15, -0.1) is 6.58 Å². The molecule has 0 bridgehead atoms. The largest absolute Gasteiger partial charge is 0.342 e. The lowest BCUT2D eigenvalue weighted by atomic mass is 9.99. The minimum Gasteiger partial charge on any atom is -0.342 e. The highest BCUT2D eigenvalue weighted by atomic mass is 16.5. The van der Waals surface area contributed by atoms with Crippen LogP contribution in [0.3, 0.4) is 0 Å². The van der Waals surface area contributed by atoms with Crippen LogP contribution in [-0.2, 0) is 4.79 Å². The number of hydroxylamine groups is 2. The Morgan fingerprint density at radius 1 is 0.892 bits per heavy atom. The number of carbonyl (C=O) groups excluding carboxylic acids is 2. The Labute approximate surface area is 221 Å². The third kappa shape index (κ3) is 7.30. The molecule has 6 heteroatoms. The first-order valence-corrected chi connectivity index (χ1v) is 13.8. The first-order chi connectivity index (χ1) is 18.1. The highest BCUT2D eigenvalue weighted by molar-refractivity contribution is 5.94. The van der Waals surface area contributed by atoms with Gasteiger partial charge in [-0.1, -0.05) is 67.4 Å². The molecular formula is C31H41N3O3.